The standard InChI is InChI=1S/C23H25F3N6O/c1-4-32(5-2)20-14-15(3)27-21(31-20)28-16-10-12-17(13-11-16)29-22(33)30-19-9-7-6-8-18(19)23(24,25)26/h6-14H,4-5H2,1-3H3,(H,27,28,31)(H2,29,30,33). The van der Waals surface area contributed by atoms with Gasteiger partial charge in [0.05, 0.1) is 11.3 Å². The molecule has 3 N–H and O–H groups in total. The highest BCUT2D eigenvalue weighted by Crippen LogP contribution is 2.34. The van der Waals surface area contributed by atoms with Crippen LogP contribution in [0.1, 0.15) is 25.1 Å². The first-order valence-electron chi connectivity index (χ1n) is 10.4. The molecule has 0 atom stereocenters. The predicted molar refractivity (Wildman–Crippen MR) is 124 cm³/mol. The lowest BCUT2D eigenvalue weighted by molar-refractivity contribution is -0.136. The first-order chi connectivity index (χ1) is 15.7. The Labute approximate surface area is 190 Å². The molecule has 0 aliphatic rings. The molecule has 0 aliphatic heterocycles. The second kappa shape index (κ2) is 10.2. The quantitative estimate of drug-likeness (QED) is 0.402. The number of hydrogen-bond donors (Lipinski definition) is 3. The number of halogens is 3. The van der Waals surface area contributed by atoms with Crippen LogP contribution < -0.4 is 20.9 Å². The highest BCUT2D eigenvalue weighted by atomic mass is 19.4. The molecule has 0 fully saturated rings. The number of alkyl halides is 3. The van der Waals surface area contributed by atoms with Crippen molar-refractivity contribution in [3.63, 3.8) is 0 Å². The summed E-state index contributed by atoms with van der Waals surface area (Å²) >= 11 is 0. The second-order valence-corrected chi connectivity index (χ2v) is 7.19. The van der Waals surface area contributed by atoms with Crippen molar-refractivity contribution < 1.29 is 18.0 Å². The molecule has 33 heavy (non-hydrogen) atoms. The van der Waals surface area contributed by atoms with Crippen LogP contribution in [0.15, 0.2) is 54.6 Å². The van der Waals surface area contributed by atoms with E-state index in [4.69, 9.17) is 0 Å². The first kappa shape index (κ1) is 23.8. The number of carbonyl (C=O) groups is 1. The zero-order chi connectivity index (χ0) is 24.0. The summed E-state index contributed by atoms with van der Waals surface area (Å²) in [4.78, 5) is 23.3. The fraction of sp³-hybridized carbons (Fsp3) is 0.261. The third kappa shape index (κ3) is 6.34. The molecule has 1 aromatic heterocycles. The molecular weight excluding hydrogens is 433 g/mol. The molecule has 2 aromatic carbocycles. The van der Waals surface area contributed by atoms with Gasteiger partial charge in [-0.3, -0.25) is 0 Å². The minimum atomic E-state index is -4.57. The van der Waals surface area contributed by atoms with Gasteiger partial charge in [-0.05, 0) is 57.2 Å². The highest BCUT2D eigenvalue weighted by molar-refractivity contribution is 6.00. The lowest BCUT2D eigenvalue weighted by Gasteiger charge is -2.20. The summed E-state index contributed by atoms with van der Waals surface area (Å²) in [6.07, 6.45) is -4.57. The fourth-order valence-electron chi connectivity index (χ4n) is 3.21. The second-order valence-electron chi connectivity index (χ2n) is 7.19. The van der Waals surface area contributed by atoms with Crippen molar-refractivity contribution in [3.8, 4) is 0 Å². The molecule has 0 spiro atoms. The molecular formula is C23H25F3N6O. The molecule has 0 saturated heterocycles. The van der Waals surface area contributed by atoms with Crippen LogP contribution in [0.3, 0.4) is 0 Å². The molecule has 1 heterocycles. The number of benzene rings is 2. The van der Waals surface area contributed by atoms with Crippen LogP contribution in [0.2, 0.25) is 0 Å². The molecule has 2 amide bonds. The maximum atomic E-state index is 13.1. The van der Waals surface area contributed by atoms with Crippen molar-refractivity contribution in [3.05, 3.63) is 65.9 Å². The molecule has 3 rings (SSSR count). The van der Waals surface area contributed by atoms with Gasteiger partial charge in [-0.2, -0.15) is 18.2 Å². The van der Waals surface area contributed by atoms with Gasteiger partial charge < -0.3 is 20.9 Å². The molecule has 0 radical (unpaired) electrons. The van der Waals surface area contributed by atoms with Gasteiger partial charge in [0, 0.05) is 36.2 Å². The third-order valence-corrected chi connectivity index (χ3v) is 4.81. The van der Waals surface area contributed by atoms with Crippen LogP contribution in [-0.2, 0) is 6.18 Å². The van der Waals surface area contributed by atoms with Gasteiger partial charge in [-0.25, -0.2) is 9.78 Å². The SMILES string of the molecule is CCN(CC)c1cc(C)nc(Nc2ccc(NC(=O)Nc3ccccc3C(F)(F)F)cc2)n1. The Kier molecular flexibility index (Phi) is 7.37. The van der Waals surface area contributed by atoms with Gasteiger partial charge in [0.1, 0.15) is 5.82 Å². The van der Waals surface area contributed by atoms with Crippen LogP contribution in [0.25, 0.3) is 0 Å². The van der Waals surface area contributed by atoms with E-state index in [1.165, 1.54) is 18.2 Å². The largest absolute Gasteiger partial charge is 0.418 e. The number of aromatic nitrogens is 2. The summed E-state index contributed by atoms with van der Waals surface area (Å²) < 4.78 is 39.3. The van der Waals surface area contributed by atoms with Crippen molar-refractivity contribution >= 4 is 34.9 Å². The number of urea groups is 1. The van der Waals surface area contributed by atoms with Gasteiger partial charge in [0.15, 0.2) is 0 Å². The van der Waals surface area contributed by atoms with Crippen molar-refractivity contribution in [1.29, 1.82) is 0 Å². The number of para-hydroxylation sites is 1. The smallest absolute Gasteiger partial charge is 0.357 e. The summed E-state index contributed by atoms with van der Waals surface area (Å²) in [5, 5.41) is 7.90. The Balaban J connectivity index is 1.66. The van der Waals surface area contributed by atoms with E-state index in [0.717, 1.165) is 30.7 Å². The van der Waals surface area contributed by atoms with Gasteiger partial charge in [0.25, 0.3) is 0 Å². The molecule has 0 unspecified atom stereocenters. The lowest BCUT2D eigenvalue weighted by Crippen LogP contribution is -2.23. The Morgan fingerprint density at radius 2 is 1.58 bits per heavy atom. The van der Waals surface area contributed by atoms with Crippen molar-refractivity contribution in [1.82, 2.24) is 9.97 Å². The normalized spacial score (nSPS) is 11.1. The summed E-state index contributed by atoms with van der Waals surface area (Å²) in [5.41, 5.74) is 0.697. The van der Waals surface area contributed by atoms with E-state index in [1.54, 1.807) is 24.3 Å². The first-order valence-corrected chi connectivity index (χ1v) is 10.4. The van der Waals surface area contributed by atoms with E-state index in [-0.39, 0.29) is 5.69 Å². The Morgan fingerprint density at radius 1 is 0.939 bits per heavy atom. The van der Waals surface area contributed by atoms with Crippen LogP contribution in [0, 0.1) is 6.92 Å². The Morgan fingerprint density at radius 3 is 2.21 bits per heavy atom. The predicted octanol–water partition coefficient (Wildman–Crippen LogP) is 6.04. The Bertz CT molecular complexity index is 1100. The number of rotatable bonds is 7. The molecule has 174 valence electrons. The van der Waals surface area contributed by atoms with Gasteiger partial charge in [-0.1, -0.05) is 12.1 Å². The summed E-state index contributed by atoms with van der Waals surface area (Å²) in [6, 6.07) is 12.6. The summed E-state index contributed by atoms with van der Waals surface area (Å²) in [5.74, 6) is 1.27. The van der Waals surface area contributed by atoms with E-state index >= 15 is 0 Å². The number of amides is 2. The lowest BCUT2D eigenvalue weighted by atomic mass is 10.1. The van der Waals surface area contributed by atoms with Crippen LogP contribution in [0.5, 0.6) is 0 Å². The molecule has 0 saturated carbocycles. The maximum absolute atomic E-state index is 13.1. The molecule has 7 nitrogen and oxygen atoms in total. The maximum Gasteiger partial charge on any atom is 0.418 e. The minimum absolute atomic E-state index is 0.318. The fourth-order valence-corrected chi connectivity index (χ4v) is 3.21. The van der Waals surface area contributed by atoms with E-state index in [1.807, 2.05) is 13.0 Å². The number of nitrogens with zero attached hydrogens (tertiary/aromatic N) is 3. The monoisotopic (exact) mass is 458 g/mol. The van der Waals surface area contributed by atoms with Crippen LogP contribution in [0.4, 0.5) is 46.8 Å². The molecule has 0 bridgehead atoms. The zero-order valence-corrected chi connectivity index (χ0v) is 18.5. The van der Waals surface area contributed by atoms with Crippen LogP contribution >= 0.6 is 0 Å². The topological polar surface area (TPSA) is 82.2 Å². The number of carbonyl (C=O) groups excluding carboxylic acids is 1. The number of hydrogen-bond acceptors (Lipinski definition) is 5. The van der Waals surface area contributed by atoms with Crippen molar-refractivity contribution in [2.45, 2.75) is 26.9 Å². The summed E-state index contributed by atoms with van der Waals surface area (Å²) in [7, 11) is 0. The van der Waals surface area contributed by atoms with Crippen molar-refractivity contribution in [2.75, 3.05) is 33.9 Å². The van der Waals surface area contributed by atoms with E-state index in [2.05, 4.69) is 44.7 Å². The van der Waals surface area contributed by atoms with Crippen LogP contribution in [-0.4, -0.2) is 29.1 Å². The molecule has 10 heteroatoms. The third-order valence-electron chi connectivity index (χ3n) is 4.81. The van der Waals surface area contributed by atoms with Gasteiger partial charge >= 0.3 is 12.2 Å². The number of aryl methyl sites for hydroxylation is 1. The number of nitrogens with one attached hydrogen (secondary N) is 3. The average Bonchev–Trinajstić information content (AvgIpc) is 2.75. The highest BCUT2D eigenvalue weighted by Gasteiger charge is 2.33. The van der Waals surface area contributed by atoms with E-state index in [9.17, 15) is 18.0 Å². The van der Waals surface area contributed by atoms with E-state index < -0.39 is 17.8 Å². The number of anilines is 5. The van der Waals surface area contributed by atoms with Gasteiger partial charge in [0.2, 0.25) is 5.95 Å². The molecule has 3 aromatic rings. The Hall–Kier alpha value is -3.82. The van der Waals surface area contributed by atoms with Crippen molar-refractivity contribution in [2.24, 2.45) is 0 Å². The minimum Gasteiger partial charge on any atom is -0.357 e. The van der Waals surface area contributed by atoms with E-state index in [0.29, 0.717) is 17.3 Å². The zero-order valence-electron chi connectivity index (χ0n) is 18.5. The summed E-state index contributed by atoms with van der Waals surface area (Å²) in [6.45, 7) is 7.64. The average molecular weight is 458 g/mol. The van der Waals surface area contributed by atoms with Gasteiger partial charge in [-0.15, -0.1) is 0 Å². The molecule has 0 aliphatic carbocycles.